The van der Waals surface area contributed by atoms with Crippen molar-refractivity contribution in [2.24, 2.45) is 0 Å². The van der Waals surface area contributed by atoms with E-state index in [4.69, 9.17) is 18.6 Å². The maximum atomic E-state index is 12.9. The number of furan rings is 1. The highest BCUT2D eigenvalue weighted by Crippen LogP contribution is 2.35. The molecule has 1 amide bonds. The molecule has 0 aliphatic heterocycles. The number of carbonyl (C=O) groups is 2. The molecule has 0 spiro atoms. The van der Waals surface area contributed by atoms with Crippen LogP contribution in [0.15, 0.2) is 34.9 Å². The van der Waals surface area contributed by atoms with Crippen molar-refractivity contribution in [1.29, 1.82) is 0 Å². The number of anilines is 1. The number of carbonyl (C=O) groups excluding carboxylic acids is 2. The lowest BCUT2D eigenvalue weighted by Crippen LogP contribution is -2.22. The van der Waals surface area contributed by atoms with E-state index in [9.17, 15) is 22.8 Å². The van der Waals surface area contributed by atoms with E-state index in [2.05, 4.69) is 5.32 Å². The average molecular weight is 401 g/mol. The zero-order valence-corrected chi connectivity index (χ0v) is 15.1. The minimum atomic E-state index is -4.60. The molecule has 2 rings (SSSR count). The fourth-order valence-electron chi connectivity index (χ4n) is 2.16. The maximum absolute atomic E-state index is 12.9. The second-order valence-electron chi connectivity index (χ2n) is 5.56. The van der Waals surface area contributed by atoms with Crippen molar-refractivity contribution in [2.75, 3.05) is 32.2 Å². The standard InChI is InChI=1S/C18H18F3NO6/c1-11-13(5-6-26-11)17(24)28-10-16(23)22-14-9-12(18(19,20)21)3-4-15(14)27-8-7-25-2/h3-6,9H,7-8,10H2,1-2H3,(H,22,23). The molecule has 1 heterocycles. The fraction of sp³-hybridized carbons (Fsp3) is 0.333. The molecule has 0 saturated heterocycles. The Morgan fingerprint density at radius 3 is 2.54 bits per heavy atom. The highest BCUT2D eigenvalue weighted by Gasteiger charge is 2.31. The molecule has 0 aliphatic carbocycles. The lowest BCUT2D eigenvalue weighted by Gasteiger charge is -2.15. The number of ether oxygens (including phenoxy) is 3. The van der Waals surface area contributed by atoms with E-state index in [1.807, 2.05) is 0 Å². The summed E-state index contributed by atoms with van der Waals surface area (Å²) in [5.41, 5.74) is -1.02. The van der Waals surface area contributed by atoms with Gasteiger partial charge in [-0.3, -0.25) is 4.79 Å². The summed E-state index contributed by atoms with van der Waals surface area (Å²) < 4.78 is 58.8. The van der Waals surface area contributed by atoms with Gasteiger partial charge in [-0.05, 0) is 31.2 Å². The lowest BCUT2D eigenvalue weighted by atomic mass is 10.1. The van der Waals surface area contributed by atoms with Gasteiger partial charge in [0.1, 0.15) is 23.7 Å². The van der Waals surface area contributed by atoms with Crippen LogP contribution < -0.4 is 10.1 Å². The Kier molecular flexibility index (Phi) is 7.05. The van der Waals surface area contributed by atoms with Gasteiger partial charge in [0.15, 0.2) is 6.61 Å². The molecule has 0 saturated carbocycles. The number of esters is 1. The van der Waals surface area contributed by atoms with Crippen molar-refractivity contribution in [2.45, 2.75) is 13.1 Å². The number of aryl methyl sites for hydroxylation is 1. The summed E-state index contributed by atoms with van der Waals surface area (Å²) in [7, 11) is 1.44. The highest BCUT2D eigenvalue weighted by molar-refractivity contribution is 5.96. The molecule has 28 heavy (non-hydrogen) atoms. The molecule has 0 unspecified atom stereocenters. The summed E-state index contributed by atoms with van der Waals surface area (Å²) in [6, 6.07) is 4.04. The van der Waals surface area contributed by atoms with Crippen LogP contribution in [-0.4, -0.2) is 38.8 Å². The van der Waals surface area contributed by atoms with Crippen LogP contribution in [0.25, 0.3) is 0 Å². The second kappa shape index (κ2) is 9.27. The molecule has 7 nitrogen and oxygen atoms in total. The number of benzene rings is 1. The van der Waals surface area contributed by atoms with Gasteiger partial charge in [0.25, 0.3) is 5.91 Å². The van der Waals surface area contributed by atoms with Gasteiger partial charge in [0.05, 0.1) is 24.1 Å². The summed E-state index contributed by atoms with van der Waals surface area (Å²) in [5.74, 6) is -1.28. The Labute approximate surface area is 158 Å². The van der Waals surface area contributed by atoms with Crippen LogP contribution in [0.1, 0.15) is 21.7 Å². The summed E-state index contributed by atoms with van der Waals surface area (Å²) in [4.78, 5) is 23.9. The van der Waals surface area contributed by atoms with E-state index in [0.717, 1.165) is 18.2 Å². The van der Waals surface area contributed by atoms with Gasteiger partial charge in [-0.15, -0.1) is 0 Å². The van der Waals surface area contributed by atoms with Gasteiger partial charge < -0.3 is 23.9 Å². The summed E-state index contributed by atoms with van der Waals surface area (Å²) in [5, 5.41) is 2.26. The Morgan fingerprint density at radius 1 is 1.18 bits per heavy atom. The van der Waals surface area contributed by atoms with Gasteiger partial charge in [-0.25, -0.2) is 4.79 Å². The first-order valence-corrected chi connectivity index (χ1v) is 8.06. The van der Waals surface area contributed by atoms with Crippen molar-refractivity contribution in [1.82, 2.24) is 0 Å². The number of halogens is 3. The molecular weight excluding hydrogens is 383 g/mol. The van der Waals surface area contributed by atoms with E-state index >= 15 is 0 Å². The van der Waals surface area contributed by atoms with E-state index < -0.39 is 30.2 Å². The molecule has 10 heteroatoms. The SMILES string of the molecule is COCCOc1ccc(C(F)(F)F)cc1NC(=O)COC(=O)c1ccoc1C. The number of amides is 1. The molecule has 1 aromatic heterocycles. The van der Waals surface area contributed by atoms with Crippen LogP contribution in [0.2, 0.25) is 0 Å². The Balaban J connectivity index is 2.07. The molecule has 0 radical (unpaired) electrons. The monoisotopic (exact) mass is 401 g/mol. The summed E-state index contributed by atoms with van der Waals surface area (Å²) in [6.07, 6.45) is -3.31. The van der Waals surface area contributed by atoms with Crippen molar-refractivity contribution >= 4 is 17.6 Å². The fourth-order valence-corrected chi connectivity index (χ4v) is 2.16. The summed E-state index contributed by atoms with van der Waals surface area (Å²) in [6.45, 7) is 1.12. The van der Waals surface area contributed by atoms with E-state index in [-0.39, 0.29) is 30.2 Å². The Morgan fingerprint density at radius 2 is 1.93 bits per heavy atom. The number of nitrogens with one attached hydrogen (secondary N) is 1. The predicted molar refractivity (Wildman–Crippen MR) is 91.2 cm³/mol. The third-order valence-corrected chi connectivity index (χ3v) is 3.54. The van der Waals surface area contributed by atoms with Crippen LogP contribution in [0.5, 0.6) is 5.75 Å². The van der Waals surface area contributed by atoms with Gasteiger partial charge >= 0.3 is 12.1 Å². The molecular formula is C18H18F3NO6. The quantitative estimate of drug-likeness (QED) is 0.539. The van der Waals surface area contributed by atoms with E-state index in [0.29, 0.717) is 5.76 Å². The molecule has 0 bridgehead atoms. The first-order valence-electron chi connectivity index (χ1n) is 8.06. The number of methoxy groups -OCH3 is 1. The molecule has 1 aromatic carbocycles. The van der Waals surface area contributed by atoms with Crippen LogP contribution >= 0.6 is 0 Å². The first kappa shape index (κ1) is 21.3. The molecule has 0 atom stereocenters. The van der Waals surface area contributed by atoms with Gasteiger partial charge in [-0.2, -0.15) is 13.2 Å². The predicted octanol–water partition coefficient (Wildman–Crippen LogP) is 3.43. The van der Waals surface area contributed by atoms with E-state index in [1.165, 1.54) is 19.4 Å². The number of hydrogen-bond acceptors (Lipinski definition) is 6. The topological polar surface area (TPSA) is 87.0 Å². The normalized spacial score (nSPS) is 11.2. The number of hydrogen-bond donors (Lipinski definition) is 1. The molecule has 0 fully saturated rings. The Hall–Kier alpha value is -3.01. The third kappa shape index (κ3) is 5.74. The second-order valence-corrected chi connectivity index (χ2v) is 5.56. The van der Waals surface area contributed by atoms with Gasteiger partial charge in [-0.1, -0.05) is 0 Å². The third-order valence-electron chi connectivity index (χ3n) is 3.54. The van der Waals surface area contributed by atoms with Crippen LogP contribution in [-0.2, 0) is 20.4 Å². The highest BCUT2D eigenvalue weighted by atomic mass is 19.4. The van der Waals surface area contributed by atoms with Crippen molar-refractivity contribution < 1.29 is 41.4 Å². The number of alkyl halides is 3. The molecule has 1 N–H and O–H groups in total. The van der Waals surface area contributed by atoms with Crippen molar-refractivity contribution in [3.63, 3.8) is 0 Å². The zero-order valence-electron chi connectivity index (χ0n) is 15.1. The minimum absolute atomic E-state index is 0.0235. The maximum Gasteiger partial charge on any atom is 0.416 e. The largest absolute Gasteiger partial charge is 0.489 e. The van der Waals surface area contributed by atoms with Gasteiger partial charge in [0, 0.05) is 7.11 Å². The summed E-state index contributed by atoms with van der Waals surface area (Å²) >= 11 is 0. The lowest BCUT2D eigenvalue weighted by molar-refractivity contribution is -0.137. The molecule has 152 valence electrons. The van der Waals surface area contributed by atoms with Crippen molar-refractivity contribution in [3.8, 4) is 5.75 Å². The molecule has 0 aliphatic rings. The van der Waals surface area contributed by atoms with Crippen LogP contribution in [0.3, 0.4) is 0 Å². The van der Waals surface area contributed by atoms with Crippen LogP contribution in [0, 0.1) is 6.92 Å². The minimum Gasteiger partial charge on any atom is -0.489 e. The average Bonchev–Trinajstić information content (AvgIpc) is 3.06. The van der Waals surface area contributed by atoms with Crippen molar-refractivity contribution in [3.05, 3.63) is 47.4 Å². The van der Waals surface area contributed by atoms with Gasteiger partial charge in [0.2, 0.25) is 0 Å². The smallest absolute Gasteiger partial charge is 0.416 e. The molecule has 2 aromatic rings. The zero-order chi connectivity index (χ0) is 20.7. The van der Waals surface area contributed by atoms with Crippen LogP contribution in [0.4, 0.5) is 18.9 Å². The first-order chi connectivity index (χ1) is 13.2. The van der Waals surface area contributed by atoms with E-state index in [1.54, 1.807) is 6.92 Å². The number of rotatable bonds is 8. The Bertz CT molecular complexity index is 831.